The molecule has 5 atom stereocenters. The number of nitrogens with zero attached hydrogens (tertiary/aromatic N) is 1. The Morgan fingerprint density at radius 2 is 1.24 bits per heavy atom. The fraction of sp³-hybridized carbons (Fsp3) is 0.364. The highest BCUT2D eigenvalue weighted by molar-refractivity contribution is 5.98. The third kappa shape index (κ3) is 18.8. The van der Waals surface area contributed by atoms with E-state index in [1.165, 1.54) is 7.05 Å². The predicted molar refractivity (Wildman–Crippen MR) is 283 cm³/mol. The number of aryl methyl sites for hydroxylation is 1. The first kappa shape index (κ1) is 57.4. The summed E-state index contributed by atoms with van der Waals surface area (Å²) in [6.45, 7) is 3.43. The maximum atomic E-state index is 14.6. The Labute approximate surface area is 435 Å². The summed E-state index contributed by atoms with van der Waals surface area (Å²) >= 11 is 0. The van der Waals surface area contributed by atoms with Gasteiger partial charge in [0.05, 0.1) is 19.4 Å². The van der Waals surface area contributed by atoms with Gasteiger partial charge in [0.1, 0.15) is 30.2 Å². The van der Waals surface area contributed by atoms with Crippen molar-refractivity contribution in [1.82, 2.24) is 41.8 Å². The number of amides is 9. The second-order valence-electron chi connectivity index (χ2n) is 18.3. The average molecular weight is 1030 g/mol. The van der Waals surface area contributed by atoms with Gasteiger partial charge in [0.15, 0.2) is 0 Å². The number of para-hydroxylation sites is 1. The number of H-pyrrole nitrogens is 1. The summed E-state index contributed by atoms with van der Waals surface area (Å²) in [5.74, 6) is -6.77. The summed E-state index contributed by atoms with van der Waals surface area (Å²) in [7, 11) is 1.27. The molecule has 20 nitrogen and oxygen atoms in total. The van der Waals surface area contributed by atoms with Gasteiger partial charge in [-0.3, -0.25) is 38.4 Å². The monoisotopic (exact) mass is 1030 g/mol. The molecule has 11 N–H and O–H groups in total. The molecule has 4 aromatic carbocycles. The second kappa shape index (κ2) is 29.2. The van der Waals surface area contributed by atoms with Gasteiger partial charge in [0.25, 0.3) is 0 Å². The molecule has 0 aliphatic rings. The van der Waals surface area contributed by atoms with Gasteiger partial charge >= 0.3 is 12.0 Å². The van der Waals surface area contributed by atoms with Crippen LogP contribution >= 0.6 is 0 Å². The van der Waals surface area contributed by atoms with E-state index in [1.54, 1.807) is 79.0 Å². The van der Waals surface area contributed by atoms with Crippen LogP contribution in [0, 0.1) is 6.92 Å². The highest BCUT2D eigenvalue weighted by atomic mass is 16.4. The molecule has 9 amide bonds. The van der Waals surface area contributed by atoms with Crippen LogP contribution in [0.15, 0.2) is 115 Å². The summed E-state index contributed by atoms with van der Waals surface area (Å²) in [4.78, 5) is 125. The number of aromatic amines is 1. The molecule has 0 bridgehead atoms. The van der Waals surface area contributed by atoms with Crippen LogP contribution in [0.25, 0.3) is 10.9 Å². The third-order valence-electron chi connectivity index (χ3n) is 12.4. The molecule has 0 saturated heterocycles. The minimum absolute atomic E-state index is 0.000112. The molecule has 398 valence electrons. The molecule has 0 unspecified atom stereocenters. The van der Waals surface area contributed by atoms with Gasteiger partial charge in [-0.05, 0) is 67.5 Å². The SMILES string of the molecule is CCCC[C@H](NC(=O)Cc1ccccc1)C(=O)NCC(=O)N[C@@H](Cc1c[nH]c2ccccc12)C(=O)N[C@@H](CCCCNC(=O)Nc1ccc(C)cc1)C(=O)N[C@@H](CC(=O)O)C(=O)N(C)[C@@H](Cc1ccccc1)C(N)=O. The van der Waals surface area contributed by atoms with Crippen LogP contribution < -0.4 is 43.0 Å². The number of carbonyl (C=O) groups is 9. The van der Waals surface area contributed by atoms with Crippen LogP contribution in [0.4, 0.5) is 10.5 Å². The summed E-state index contributed by atoms with van der Waals surface area (Å²) in [6, 6.07) is 25.0. The Balaban J connectivity index is 1.35. The Morgan fingerprint density at radius 3 is 1.91 bits per heavy atom. The molecule has 0 spiro atoms. The molecular formula is C55H68N10O10. The molecule has 1 aromatic heterocycles. The number of fused-ring (bicyclic) bond motifs is 1. The lowest BCUT2D eigenvalue weighted by Gasteiger charge is -2.30. The second-order valence-corrected chi connectivity index (χ2v) is 18.3. The first-order valence-electron chi connectivity index (χ1n) is 25.0. The van der Waals surface area contributed by atoms with E-state index in [0.717, 1.165) is 33.4 Å². The number of rotatable bonds is 29. The number of carboxylic acids is 1. The van der Waals surface area contributed by atoms with Crippen LogP contribution in [0.1, 0.15) is 74.1 Å². The van der Waals surface area contributed by atoms with Gasteiger partial charge in [-0.1, -0.05) is 116 Å². The van der Waals surface area contributed by atoms with E-state index >= 15 is 0 Å². The number of aromatic nitrogens is 1. The van der Waals surface area contributed by atoms with E-state index in [-0.39, 0.29) is 44.6 Å². The maximum absolute atomic E-state index is 14.6. The molecule has 1 heterocycles. The van der Waals surface area contributed by atoms with Crippen molar-refractivity contribution < 1.29 is 48.3 Å². The summed E-state index contributed by atoms with van der Waals surface area (Å²) in [5, 5.41) is 29.4. The molecule has 5 rings (SSSR count). The number of carboxylic acid groups (broad SMARTS) is 1. The van der Waals surface area contributed by atoms with Crippen LogP contribution in [-0.2, 0) is 57.6 Å². The van der Waals surface area contributed by atoms with Gasteiger partial charge in [-0.25, -0.2) is 4.79 Å². The van der Waals surface area contributed by atoms with Crippen molar-refractivity contribution in [2.24, 2.45) is 5.73 Å². The van der Waals surface area contributed by atoms with E-state index in [9.17, 15) is 48.3 Å². The van der Waals surface area contributed by atoms with Crippen LogP contribution in [-0.4, -0.2) is 119 Å². The summed E-state index contributed by atoms with van der Waals surface area (Å²) in [6.07, 6.45) is 2.83. The topological polar surface area (TPSA) is 303 Å². The van der Waals surface area contributed by atoms with Crippen molar-refractivity contribution in [2.75, 3.05) is 25.5 Å². The standard InChI is InChI=1S/C55H68N10O10/c1-4-5-21-42(61-47(66)30-37-18-10-7-11-19-37)51(71)59-34-48(67)62-44(31-38-33-58-41-22-13-12-20-40(38)41)53(73)63-43(23-14-15-28-57-55(75)60-39-26-24-35(2)25-27-39)52(72)64-45(32-49(68)69)54(74)65(3)46(50(56)70)29-36-16-8-6-9-17-36/h6-13,16-20,22,24-27,33,42-46,58H,4-5,14-15,21,23,28-32,34H2,1-3H3,(H2,56,70)(H,59,71)(H,61,66)(H,62,67)(H,63,73)(H,64,72)(H,68,69)(H2,57,60,75)/t42-,43-,44-,45-,46-/m0/s1. The number of aliphatic carboxylic acids is 1. The van der Waals surface area contributed by atoms with Gasteiger partial charge in [-0.2, -0.15) is 0 Å². The van der Waals surface area contributed by atoms with Crippen molar-refractivity contribution >= 4 is 69.9 Å². The molecule has 5 aromatic rings. The average Bonchev–Trinajstić information content (AvgIpc) is 3.80. The summed E-state index contributed by atoms with van der Waals surface area (Å²) < 4.78 is 0. The normalized spacial score (nSPS) is 12.9. The highest BCUT2D eigenvalue weighted by Crippen LogP contribution is 2.20. The van der Waals surface area contributed by atoms with E-state index in [1.807, 2.05) is 50.2 Å². The van der Waals surface area contributed by atoms with Crippen molar-refractivity contribution in [3.05, 3.63) is 138 Å². The number of nitrogens with one attached hydrogen (secondary N) is 8. The largest absolute Gasteiger partial charge is 0.481 e. The number of hydrogen-bond acceptors (Lipinski definition) is 9. The number of likely N-dealkylation sites (N-methyl/N-ethyl adjacent to an activating group) is 1. The molecule has 0 aliphatic heterocycles. The lowest BCUT2D eigenvalue weighted by Crippen LogP contribution is -2.59. The first-order chi connectivity index (χ1) is 36.0. The Kier molecular flexibility index (Phi) is 22.3. The van der Waals surface area contributed by atoms with Crippen molar-refractivity contribution in [3.63, 3.8) is 0 Å². The number of nitrogens with two attached hydrogens (primary N) is 1. The number of anilines is 1. The number of carbonyl (C=O) groups excluding carboxylic acids is 8. The molecule has 0 saturated carbocycles. The van der Waals surface area contributed by atoms with E-state index < -0.39 is 90.6 Å². The Morgan fingerprint density at radius 1 is 0.640 bits per heavy atom. The van der Waals surface area contributed by atoms with Gasteiger partial charge in [0.2, 0.25) is 41.4 Å². The number of hydrogen-bond donors (Lipinski definition) is 10. The van der Waals surface area contributed by atoms with E-state index in [2.05, 4.69) is 42.2 Å². The Bertz CT molecular complexity index is 2730. The lowest BCUT2D eigenvalue weighted by molar-refractivity contribution is -0.146. The zero-order chi connectivity index (χ0) is 54.3. The number of primary amides is 1. The fourth-order valence-electron chi connectivity index (χ4n) is 8.31. The summed E-state index contributed by atoms with van der Waals surface area (Å²) in [5.41, 5.74) is 10.1. The smallest absolute Gasteiger partial charge is 0.319 e. The molecule has 0 radical (unpaired) electrons. The molecule has 0 aliphatic carbocycles. The van der Waals surface area contributed by atoms with Crippen LogP contribution in [0.2, 0.25) is 0 Å². The minimum Gasteiger partial charge on any atom is -0.481 e. The first-order valence-corrected chi connectivity index (χ1v) is 25.0. The minimum atomic E-state index is -1.72. The van der Waals surface area contributed by atoms with E-state index in [4.69, 9.17) is 5.73 Å². The quantitative estimate of drug-likeness (QED) is 0.0311. The zero-order valence-electron chi connectivity index (χ0n) is 42.5. The van der Waals surface area contributed by atoms with Crippen LogP contribution in [0.3, 0.4) is 0 Å². The number of benzene rings is 4. The van der Waals surface area contributed by atoms with Crippen LogP contribution in [0.5, 0.6) is 0 Å². The van der Waals surface area contributed by atoms with Gasteiger partial charge in [0, 0.05) is 49.2 Å². The highest BCUT2D eigenvalue weighted by Gasteiger charge is 2.35. The third-order valence-corrected chi connectivity index (χ3v) is 12.4. The zero-order valence-corrected chi connectivity index (χ0v) is 42.5. The lowest BCUT2D eigenvalue weighted by atomic mass is 10.0. The number of urea groups is 1. The fourth-order valence-corrected chi connectivity index (χ4v) is 8.31. The van der Waals surface area contributed by atoms with Crippen molar-refractivity contribution in [2.45, 2.75) is 108 Å². The molecule has 75 heavy (non-hydrogen) atoms. The van der Waals surface area contributed by atoms with Crippen molar-refractivity contribution in [1.29, 1.82) is 0 Å². The molecular weight excluding hydrogens is 961 g/mol. The van der Waals surface area contributed by atoms with E-state index in [0.29, 0.717) is 36.1 Å². The van der Waals surface area contributed by atoms with Gasteiger partial charge in [-0.15, -0.1) is 0 Å². The maximum Gasteiger partial charge on any atom is 0.319 e. The molecule has 20 heteroatoms. The number of unbranched alkanes of at least 4 members (excludes halogenated alkanes) is 2. The predicted octanol–water partition coefficient (Wildman–Crippen LogP) is 3.53. The Hall–Kier alpha value is -8.55. The van der Waals surface area contributed by atoms with Crippen molar-refractivity contribution in [3.8, 4) is 0 Å². The van der Waals surface area contributed by atoms with Gasteiger partial charge < -0.3 is 57.9 Å². The molecule has 0 fully saturated rings.